The van der Waals surface area contributed by atoms with Crippen molar-refractivity contribution in [1.29, 1.82) is 0 Å². The summed E-state index contributed by atoms with van der Waals surface area (Å²) < 4.78 is 5.56. The van der Waals surface area contributed by atoms with Crippen LogP contribution in [0.5, 0.6) is 5.75 Å². The zero-order chi connectivity index (χ0) is 8.97. The van der Waals surface area contributed by atoms with Gasteiger partial charge in [0, 0.05) is 0 Å². The van der Waals surface area contributed by atoms with Gasteiger partial charge in [-0.3, -0.25) is 0 Å². The van der Waals surface area contributed by atoms with E-state index in [2.05, 4.69) is 6.92 Å². The quantitative estimate of drug-likeness (QED) is 0.699. The molecule has 1 rings (SSSR count). The molecule has 0 fully saturated rings. The lowest BCUT2D eigenvalue weighted by atomic mass is 10.3. The second-order valence-corrected chi connectivity index (χ2v) is 3.17. The molecule has 1 aromatic carbocycles. The van der Waals surface area contributed by atoms with E-state index in [1.807, 2.05) is 31.2 Å². The van der Waals surface area contributed by atoms with E-state index in [0.717, 1.165) is 12.2 Å². The van der Waals surface area contributed by atoms with Gasteiger partial charge < -0.3 is 4.74 Å². The van der Waals surface area contributed by atoms with Crippen molar-refractivity contribution in [2.45, 2.75) is 26.4 Å². The fourth-order valence-corrected chi connectivity index (χ4v) is 1.02. The molecular formula is C10H13ClO. The Hall–Kier alpha value is -0.690. The number of halogens is 1. The van der Waals surface area contributed by atoms with E-state index < -0.39 is 0 Å². The van der Waals surface area contributed by atoms with Crippen LogP contribution in [0.15, 0.2) is 24.3 Å². The van der Waals surface area contributed by atoms with Crippen molar-refractivity contribution in [3.8, 4) is 5.75 Å². The molecule has 0 spiro atoms. The maximum Gasteiger partial charge on any atom is 0.138 e. The normalized spacial score (nSPS) is 12.6. The Bertz CT molecular complexity index is 247. The molecular weight excluding hydrogens is 172 g/mol. The van der Waals surface area contributed by atoms with Crippen LogP contribution in [-0.4, -0.2) is 6.10 Å². The van der Waals surface area contributed by atoms with Crippen LogP contribution in [0.4, 0.5) is 0 Å². The van der Waals surface area contributed by atoms with Crippen LogP contribution >= 0.6 is 11.6 Å². The standard InChI is InChI=1S/C10H13ClO/c1-3-8(2)12-10-7-5-4-6-9(10)11/h4-8H,3H2,1-2H3/t8-/m0/s1. The van der Waals surface area contributed by atoms with Crippen molar-refractivity contribution in [2.24, 2.45) is 0 Å². The third kappa shape index (κ3) is 2.42. The third-order valence-electron chi connectivity index (χ3n) is 1.74. The molecule has 0 N–H and O–H groups in total. The van der Waals surface area contributed by atoms with E-state index >= 15 is 0 Å². The Kier molecular flexibility index (Phi) is 3.42. The number of benzene rings is 1. The summed E-state index contributed by atoms with van der Waals surface area (Å²) in [5.74, 6) is 0.772. The van der Waals surface area contributed by atoms with Crippen LogP contribution < -0.4 is 4.74 Å². The first-order chi connectivity index (χ1) is 5.74. The van der Waals surface area contributed by atoms with Gasteiger partial charge in [-0.1, -0.05) is 30.7 Å². The highest BCUT2D eigenvalue weighted by Crippen LogP contribution is 2.24. The van der Waals surface area contributed by atoms with E-state index in [1.54, 1.807) is 0 Å². The number of hydrogen-bond donors (Lipinski definition) is 0. The smallest absolute Gasteiger partial charge is 0.138 e. The van der Waals surface area contributed by atoms with E-state index in [4.69, 9.17) is 16.3 Å². The molecule has 0 aliphatic carbocycles. The molecule has 0 aliphatic rings. The van der Waals surface area contributed by atoms with Gasteiger partial charge in [-0.25, -0.2) is 0 Å². The first-order valence-electron chi connectivity index (χ1n) is 4.15. The van der Waals surface area contributed by atoms with Gasteiger partial charge in [-0.15, -0.1) is 0 Å². The number of ether oxygens (including phenoxy) is 1. The van der Waals surface area contributed by atoms with Crippen LogP contribution in [-0.2, 0) is 0 Å². The van der Waals surface area contributed by atoms with Crippen molar-refractivity contribution in [3.05, 3.63) is 29.3 Å². The fraction of sp³-hybridized carbons (Fsp3) is 0.400. The van der Waals surface area contributed by atoms with Crippen LogP contribution in [0.1, 0.15) is 20.3 Å². The lowest BCUT2D eigenvalue weighted by Crippen LogP contribution is -2.09. The first-order valence-corrected chi connectivity index (χ1v) is 4.53. The summed E-state index contributed by atoms with van der Waals surface area (Å²) in [6.45, 7) is 4.12. The molecule has 0 bridgehead atoms. The Morgan fingerprint density at radius 2 is 2.08 bits per heavy atom. The molecule has 1 atom stereocenters. The Morgan fingerprint density at radius 1 is 1.42 bits per heavy atom. The molecule has 66 valence electrons. The lowest BCUT2D eigenvalue weighted by Gasteiger charge is -2.13. The summed E-state index contributed by atoms with van der Waals surface area (Å²) in [4.78, 5) is 0. The van der Waals surface area contributed by atoms with Gasteiger partial charge in [0.05, 0.1) is 11.1 Å². The Balaban J connectivity index is 2.69. The minimum absolute atomic E-state index is 0.227. The average Bonchev–Trinajstić information content (AvgIpc) is 2.09. The second-order valence-electron chi connectivity index (χ2n) is 2.77. The van der Waals surface area contributed by atoms with Crippen LogP contribution in [0.2, 0.25) is 5.02 Å². The van der Waals surface area contributed by atoms with Crippen LogP contribution in [0.25, 0.3) is 0 Å². The largest absolute Gasteiger partial charge is 0.489 e. The first kappa shape index (κ1) is 9.40. The number of para-hydroxylation sites is 1. The van der Waals surface area contributed by atoms with Gasteiger partial charge in [0.25, 0.3) is 0 Å². The Morgan fingerprint density at radius 3 is 2.67 bits per heavy atom. The molecule has 0 aliphatic heterocycles. The molecule has 0 saturated carbocycles. The molecule has 0 saturated heterocycles. The zero-order valence-electron chi connectivity index (χ0n) is 7.38. The molecule has 1 nitrogen and oxygen atoms in total. The van der Waals surface area contributed by atoms with Crippen molar-refractivity contribution >= 4 is 11.6 Å². The van der Waals surface area contributed by atoms with E-state index in [0.29, 0.717) is 5.02 Å². The van der Waals surface area contributed by atoms with E-state index in [-0.39, 0.29) is 6.10 Å². The van der Waals surface area contributed by atoms with Gasteiger partial charge >= 0.3 is 0 Å². The zero-order valence-corrected chi connectivity index (χ0v) is 8.14. The minimum Gasteiger partial charge on any atom is -0.489 e. The highest BCUT2D eigenvalue weighted by molar-refractivity contribution is 6.32. The molecule has 0 amide bonds. The van der Waals surface area contributed by atoms with Crippen LogP contribution in [0.3, 0.4) is 0 Å². The minimum atomic E-state index is 0.227. The topological polar surface area (TPSA) is 9.23 Å². The molecule has 2 heteroatoms. The van der Waals surface area contributed by atoms with Crippen molar-refractivity contribution in [1.82, 2.24) is 0 Å². The lowest BCUT2D eigenvalue weighted by molar-refractivity contribution is 0.217. The van der Waals surface area contributed by atoms with Gasteiger partial charge in [-0.05, 0) is 25.5 Å². The summed E-state index contributed by atoms with van der Waals surface area (Å²) in [6, 6.07) is 7.53. The summed E-state index contributed by atoms with van der Waals surface area (Å²) in [6.07, 6.45) is 1.22. The highest BCUT2D eigenvalue weighted by Gasteiger charge is 2.03. The third-order valence-corrected chi connectivity index (χ3v) is 2.05. The second kappa shape index (κ2) is 4.36. The summed E-state index contributed by atoms with van der Waals surface area (Å²) >= 11 is 5.90. The molecule has 0 heterocycles. The van der Waals surface area contributed by atoms with Gasteiger partial charge in [0.1, 0.15) is 5.75 Å². The maximum atomic E-state index is 5.90. The summed E-state index contributed by atoms with van der Waals surface area (Å²) in [5, 5.41) is 0.679. The molecule has 0 aromatic heterocycles. The van der Waals surface area contributed by atoms with Crippen molar-refractivity contribution in [3.63, 3.8) is 0 Å². The SMILES string of the molecule is CC[C@H](C)Oc1ccccc1Cl. The highest BCUT2D eigenvalue weighted by atomic mass is 35.5. The average molecular weight is 185 g/mol. The summed E-state index contributed by atoms with van der Waals surface area (Å²) in [5.41, 5.74) is 0. The summed E-state index contributed by atoms with van der Waals surface area (Å²) in [7, 11) is 0. The van der Waals surface area contributed by atoms with Crippen molar-refractivity contribution < 1.29 is 4.74 Å². The number of hydrogen-bond acceptors (Lipinski definition) is 1. The van der Waals surface area contributed by atoms with Crippen molar-refractivity contribution in [2.75, 3.05) is 0 Å². The number of rotatable bonds is 3. The van der Waals surface area contributed by atoms with Crippen LogP contribution in [0, 0.1) is 0 Å². The van der Waals surface area contributed by atoms with E-state index in [9.17, 15) is 0 Å². The van der Waals surface area contributed by atoms with Gasteiger partial charge in [0.2, 0.25) is 0 Å². The Labute approximate surface area is 78.3 Å². The van der Waals surface area contributed by atoms with Gasteiger partial charge in [0.15, 0.2) is 0 Å². The molecule has 0 radical (unpaired) electrons. The maximum absolute atomic E-state index is 5.90. The fourth-order valence-electron chi connectivity index (χ4n) is 0.840. The predicted molar refractivity (Wildman–Crippen MR) is 51.8 cm³/mol. The van der Waals surface area contributed by atoms with Gasteiger partial charge in [-0.2, -0.15) is 0 Å². The van der Waals surface area contributed by atoms with E-state index in [1.165, 1.54) is 0 Å². The predicted octanol–water partition coefficient (Wildman–Crippen LogP) is 3.52. The molecule has 12 heavy (non-hydrogen) atoms. The molecule has 1 aromatic rings. The monoisotopic (exact) mass is 184 g/mol. The molecule has 0 unspecified atom stereocenters.